The Labute approximate surface area is 183 Å². The average Bonchev–Trinajstić information content (AvgIpc) is 2.74. The van der Waals surface area contributed by atoms with Crippen molar-refractivity contribution < 1.29 is 37.1 Å². The molecule has 1 N–H and O–H groups in total. The first kappa shape index (κ1) is 25.6. The van der Waals surface area contributed by atoms with Gasteiger partial charge in [-0.25, -0.2) is 0 Å². The van der Waals surface area contributed by atoms with E-state index in [0.717, 1.165) is 0 Å². The Morgan fingerprint density at radius 3 is 1.74 bits per heavy atom. The van der Waals surface area contributed by atoms with E-state index in [1.807, 2.05) is 0 Å². The molecule has 0 aromatic heterocycles. The summed E-state index contributed by atoms with van der Waals surface area (Å²) in [4.78, 5) is 0. The summed E-state index contributed by atoms with van der Waals surface area (Å²) in [6, 6.07) is 8.62. The fourth-order valence-corrected chi connectivity index (χ4v) is 7.63. The molecule has 0 bridgehead atoms. The molecule has 10 heteroatoms. The third-order valence-electron chi connectivity index (χ3n) is 4.28. The monoisotopic (exact) mass is 472 g/mol. The number of hydrogen-bond donors (Lipinski definition) is 1. The van der Waals surface area contributed by atoms with E-state index in [2.05, 4.69) is 0 Å². The second-order valence-electron chi connectivity index (χ2n) is 6.23. The predicted molar refractivity (Wildman–Crippen MR) is 122 cm³/mol. The van der Waals surface area contributed by atoms with Crippen LogP contribution in [0.25, 0.3) is 16.8 Å². The van der Waals surface area contributed by atoms with Crippen molar-refractivity contribution in [1.82, 2.24) is 0 Å². The zero-order chi connectivity index (χ0) is 23.1. The van der Waals surface area contributed by atoms with E-state index in [9.17, 15) is 14.2 Å². The molecule has 0 atom stereocenters. The Balaban J connectivity index is 2.91. The number of methoxy groups -OCH3 is 1. The number of hydrogen-bond acceptors (Lipinski definition) is 8. The standard InChI is InChI=1S/C21H30O8P2/c1-6-26-30(23,27-7-2)20(31(24,28-8-3)29-9-4)15-16-14-19(25-5)21(22)18-13-11-10-12-17(16)18/h10-15,22H,6-9H2,1-5H3. The molecule has 2 rings (SSSR count). The maximum atomic E-state index is 13.7. The molecule has 0 aliphatic rings. The molecule has 0 aliphatic carbocycles. The van der Waals surface area contributed by atoms with Gasteiger partial charge in [0.05, 0.1) is 33.5 Å². The lowest BCUT2D eigenvalue weighted by atomic mass is 10.0. The van der Waals surface area contributed by atoms with E-state index in [1.165, 1.54) is 13.2 Å². The van der Waals surface area contributed by atoms with Crippen molar-refractivity contribution in [3.05, 3.63) is 41.0 Å². The molecule has 0 saturated heterocycles. The van der Waals surface area contributed by atoms with Crippen molar-refractivity contribution in [3.8, 4) is 11.5 Å². The highest BCUT2D eigenvalue weighted by Crippen LogP contribution is 2.74. The summed E-state index contributed by atoms with van der Waals surface area (Å²) in [5.41, 5.74) is 0.486. The Hall–Kier alpha value is -1.66. The van der Waals surface area contributed by atoms with Gasteiger partial charge in [-0.05, 0) is 50.8 Å². The van der Waals surface area contributed by atoms with Gasteiger partial charge in [0.2, 0.25) is 0 Å². The van der Waals surface area contributed by atoms with Gasteiger partial charge in [-0.1, -0.05) is 24.3 Å². The van der Waals surface area contributed by atoms with Gasteiger partial charge in [-0.15, -0.1) is 0 Å². The van der Waals surface area contributed by atoms with E-state index in [4.69, 9.17) is 22.8 Å². The summed E-state index contributed by atoms with van der Waals surface area (Å²) >= 11 is 0. The maximum absolute atomic E-state index is 13.7. The summed E-state index contributed by atoms with van der Waals surface area (Å²) in [5, 5.41) is 11.4. The highest BCUT2D eigenvalue weighted by atomic mass is 31.2. The van der Waals surface area contributed by atoms with Crippen LogP contribution in [-0.2, 0) is 27.2 Å². The number of phenols is 1. The molecule has 0 radical (unpaired) electrons. The average molecular weight is 472 g/mol. The zero-order valence-corrected chi connectivity index (χ0v) is 20.3. The minimum atomic E-state index is -4.04. The van der Waals surface area contributed by atoms with Crippen molar-refractivity contribution in [1.29, 1.82) is 0 Å². The first-order valence-corrected chi connectivity index (χ1v) is 13.2. The number of aromatic hydroxyl groups is 1. The highest BCUT2D eigenvalue weighted by molar-refractivity contribution is 7.79. The summed E-state index contributed by atoms with van der Waals surface area (Å²) < 4.78 is 54.7. The molecule has 0 saturated carbocycles. The minimum absolute atomic E-state index is 0.0348. The summed E-state index contributed by atoms with van der Waals surface area (Å²) in [6.45, 7) is 6.89. The minimum Gasteiger partial charge on any atom is -0.504 e. The van der Waals surface area contributed by atoms with Crippen LogP contribution in [0.3, 0.4) is 0 Å². The fraction of sp³-hybridized carbons (Fsp3) is 0.429. The molecule has 0 fully saturated rings. The normalized spacial score (nSPS) is 12.2. The van der Waals surface area contributed by atoms with Crippen LogP contribution in [0.4, 0.5) is 0 Å². The van der Waals surface area contributed by atoms with Crippen molar-refractivity contribution >= 4 is 32.0 Å². The highest BCUT2D eigenvalue weighted by Gasteiger charge is 2.45. The maximum Gasteiger partial charge on any atom is 0.369 e. The van der Waals surface area contributed by atoms with Crippen LogP contribution < -0.4 is 4.74 Å². The first-order chi connectivity index (χ1) is 14.8. The van der Waals surface area contributed by atoms with Crippen LogP contribution in [0.1, 0.15) is 33.3 Å². The van der Waals surface area contributed by atoms with Gasteiger partial charge < -0.3 is 27.9 Å². The predicted octanol–water partition coefficient (Wildman–Crippen LogP) is 6.38. The van der Waals surface area contributed by atoms with Crippen molar-refractivity contribution in [2.75, 3.05) is 33.5 Å². The lowest BCUT2D eigenvalue weighted by Gasteiger charge is -2.26. The van der Waals surface area contributed by atoms with Crippen LogP contribution in [-0.4, -0.2) is 38.6 Å². The molecule has 0 aliphatic heterocycles. The SMILES string of the molecule is CCOP(=O)(OCC)C(=Cc1cc(OC)c(O)c2ccccc12)P(=O)(OCC)OCC. The summed E-state index contributed by atoms with van der Waals surface area (Å²) in [7, 11) is -6.66. The third kappa shape index (κ3) is 5.58. The molecular formula is C21H30O8P2. The van der Waals surface area contributed by atoms with Gasteiger partial charge in [0.15, 0.2) is 16.6 Å². The molecule has 8 nitrogen and oxygen atoms in total. The van der Waals surface area contributed by atoms with Crippen molar-refractivity contribution in [3.63, 3.8) is 0 Å². The number of phenolic OH excluding ortho intramolecular Hbond substituents is 1. The number of benzene rings is 2. The van der Waals surface area contributed by atoms with E-state index >= 15 is 0 Å². The molecule has 0 heterocycles. The van der Waals surface area contributed by atoms with Crippen molar-refractivity contribution in [2.24, 2.45) is 0 Å². The van der Waals surface area contributed by atoms with Crippen LogP contribution in [0.5, 0.6) is 11.5 Å². The van der Waals surface area contributed by atoms with Gasteiger partial charge in [0, 0.05) is 5.39 Å². The number of fused-ring (bicyclic) bond motifs is 1. The van der Waals surface area contributed by atoms with Crippen LogP contribution in [0.15, 0.2) is 35.4 Å². The first-order valence-electron chi connectivity index (χ1n) is 10.1. The van der Waals surface area contributed by atoms with E-state index < -0.39 is 15.2 Å². The van der Waals surface area contributed by atoms with Gasteiger partial charge in [0.25, 0.3) is 0 Å². The Bertz CT molecular complexity index is 966. The molecule has 0 spiro atoms. The molecule has 31 heavy (non-hydrogen) atoms. The van der Waals surface area contributed by atoms with Gasteiger partial charge in [-0.3, -0.25) is 9.13 Å². The van der Waals surface area contributed by atoms with Crippen LogP contribution in [0, 0.1) is 0 Å². The van der Waals surface area contributed by atoms with Crippen molar-refractivity contribution in [2.45, 2.75) is 27.7 Å². The number of rotatable bonds is 12. The molecular weight excluding hydrogens is 442 g/mol. The van der Waals surface area contributed by atoms with Crippen LogP contribution in [0.2, 0.25) is 0 Å². The Morgan fingerprint density at radius 1 is 0.871 bits per heavy atom. The number of ether oxygens (including phenoxy) is 1. The quantitative estimate of drug-likeness (QED) is 0.355. The van der Waals surface area contributed by atoms with Gasteiger partial charge in [-0.2, -0.15) is 0 Å². The molecule has 0 unspecified atom stereocenters. The zero-order valence-electron chi connectivity index (χ0n) is 18.5. The molecule has 2 aromatic carbocycles. The Kier molecular flexibility index (Phi) is 9.31. The topological polar surface area (TPSA) is 101 Å². The lowest BCUT2D eigenvalue weighted by Crippen LogP contribution is -2.05. The molecule has 0 amide bonds. The van der Waals surface area contributed by atoms with E-state index in [1.54, 1.807) is 58.0 Å². The van der Waals surface area contributed by atoms with Crippen LogP contribution >= 0.6 is 15.2 Å². The van der Waals surface area contributed by atoms with Gasteiger partial charge >= 0.3 is 15.2 Å². The molecule has 172 valence electrons. The van der Waals surface area contributed by atoms with E-state index in [0.29, 0.717) is 16.3 Å². The summed E-state index contributed by atoms with van der Waals surface area (Å²) in [6.07, 6.45) is 1.43. The second-order valence-corrected chi connectivity index (χ2v) is 10.6. The Morgan fingerprint density at radius 2 is 1.32 bits per heavy atom. The summed E-state index contributed by atoms with van der Waals surface area (Å²) in [5.74, 6) is 0.169. The van der Waals surface area contributed by atoms with E-state index in [-0.39, 0.29) is 43.0 Å². The third-order valence-corrected chi connectivity index (χ3v) is 9.52. The second kappa shape index (κ2) is 11.3. The largest absolute Gasteiger partial charge is 0.504 e. The lowest BCUT2D eigenvalue weighted by molar-refractivity contribution is 0.214. The molecule has 2 aromatic rings. The van der Waals surface area contributed by atoms with Gasteiger partial charge in [0.1, 0.15) is 0 Å². The smallest absolute Gasteiger partial charge is 0.369 e. The fourth-order valence-electron chi connectivity index (χ4n) is 3.10.